The Hall–Kier alpha value is -0.910. The molecule has 0 amide bonds. The number of rotatable bonds is 9. The lowest BCUT2D eigenvalue weighted by Gasteiger charge is -2.10. The highest BCUT2D eigenvalue weighted by atomic mass is 16.5. The SMILES string of the molecule is CN(C)CCOCCNCCc1ccnn1C. The molecule has 17 heavy (non-hydrogen) atoms. The van der Waals surface area contributed by atoms with Crippen molar-refractivity contribution in [1.82, 2.24) is 20.0 Å². The maximum absolute atomic E-state index is 5.48. The summed E-state index contributed by atoms with van der Waals surface area (Å²) in [7, 11) is 6.07. The fraction of sp³-hybridized carbons (Fsp3) is 0.750. The molecule has 0 saturated carbocycles. The summed E-state index contributed by atoms with van der Waals surface area (Å²) in [5, 5.41) is 7.49. The van der Waals surface area contributed by atoms with Crippen LogP contribution in [-0.2, 0) is 18.2 Å². The van der Waals surface area contributed by atoms with Crippen molar-refractivity contribution in [3.05, 3.63) is 18.0 Å². The fourth-order valence-electron chi connectivity index (χ4n) is 1.48. The van der Waals surface area contributed by atoms with Crippen LogP contribution in [0.1, 0.15) is 5.69 Å². The van der Waals surface area contributed by atoms with Crippen molar-refractivity contribution in [3.63, 3.8) is 0 Å². The standard InChI is InChI=1S/C12H24N4O/c1-15(2)9-11-17-10-8-13-6-4-12-5-7-14-16(12)3/h5,7,13H,4,6,8-11H2,1-3H3. The van der Waals surface area contributed by atoms with Crippen molar-refractivity contribution >= 4 is 0 Å². The Morgan fingerprint density at radius 3 is 2.82 bits per heavy atom. The lowest BCUT2D eigenvalue weighted by Crippen LogP contribution is -2.25. The monoisotopic (exact) mass is 240 g/mol. The van der Waals surface area contributed by atoms with Crippen LogP contribution in [0.4, 0.5) is 0 Å². The van der Waals surface area contributed by atoms with Crippen molar-refractivity contribution in [3.8, 4) is 0 Å². The van der Waals surface area contributed by atoms with Crippen molar-refractivity contribution in [2.75, 3.05) is 46.9 Å². The largest absolute Gasteiger partial charge is 0.379 e. The van der Waals surface area contributed by atoms with E-state index in [2.05, 4.69) is 35.5 Å². The summed E-state index contributed by atoms with van der Waals surface area (Å²) in [5.41, 5.74) is 1.26. The van der Waals surface area contributed by atoms with Gasteiger partial charge in [-0.05, 0) is 20.2 Å². The first kappa shape index (κ1) is 14.2. The van der Waals surface area contributed by atoms with Gasteiger partial charge in [-0.15, -0.1) is 0 Å². The first-order valence-electron chi connectivity index (χ1n) is 6.10. The predicted octanol–water partition coefficient (Wildman–Crippen LogP) is 0.130. The molecule has 0 aliphatic heterocycles. The predicted molar refractivity (Wildman–Crippen MR) is 69.2 cm³/mol. The molecule has 0 radical (unpaired) electrons. The normalized spacial score (nSPS) is 11.3. The highest BCUT2D eigenvalue weighted by molar-refractivity contribution is 5.00. The number of aryl methyl sites for hydroxylation is 1. The molecule has 1 rings (SSSR count). The molecule has 0 fully saturated rings. The third kappa shape index (κ3) is 6.41. The maximum Gasteiger partial charge on any atom is 0.0593 e. The quantitative estimate of drug-likeness (QED) is 0.623. The van der Waals surface area contributed by atoms with E-state index in [1.165, 1.54) is 5.69 Å². The number of nitrogens with zero attached hydrogens (tertiary/aromatic N) is 3. The van der Waals surface area contributed by atoms with Crippen molar-refractivity contribution < 1.29 is 4.74 Å². The third-order valence-corrected chi connectivity index (χ3v) is 2.59. The average Bonchev–Trinajstić information content (AvgIpc) is 2.68. The minimum atomic E-state index is 0.777. The molecule has 1 aromatic heterocycles. The molecule has 1 heterocycles. The zero-order valence-corrected chi connectivity index (χ0v) is 11.1. The highest BCUT2D eigenvalue weighted by Gasteiger charge is 1.97. The second-order valence-corrected chi connectivity index (χ2v) is 4.36. The lowest BCUT2D eigenvalue weighted by molar-refractivity contribution is 0.119. The lowest BCUT2D eigenvalue weighted by atomic mass is 10.3. The zero-order valence-electron chi connectivity index (χ0n) is 11.1. The summed E-state index contributed by atoms with van der Waals surface area (Å²) in [6.45, 7) is 4.44. The number of hydrogen-bond acceptors (Lipinski definition) is 4. The summed E-state index contributed by atoms with van der Waals surface area (Å²) >= 11 is 0. The van der Waals surface area contributed by atoms with E-state index in [0.717, 1.165) is 39.3 Å². The van der Waals surface area contributed by atoms with Gasteiger partial charge in [-0.1, -0.05) is 0 Å². The molecule has 0 bridgehead atoms. The summed E-state index contributed by atoms with van der Waals surface area (Å²) in [6, 6.07) is 2.05. The molecular weight excluding hydrogens is 216 g/mol. The van der Waals surface area contributed by atoms with Crippen LogP contribution in [0, 0.1) is 0 Å². The zero-order chi connectivity index (χ0) is 12.5. The van der Waals surface area contributed by atoms with Crippen LogP contribution in [0.15, 0.2) is 12.3 Å². The minimum Gasteiger partial charge on any atom is -0.379 e. The van der Waals surface area contributed by atoms with E-state index in [9.17, 15) is 0 Å². The molecule has 1 N–H and O–H groups in total. The molecule has 0 saturated heterocycles. The second kappa shape index (κ2) is 8.22. The summed E-state index contributed by atoms with van der Waals surface area (Å²) < 4.78 is 7.40. The highest BCUT2D eigenvalue weighted by Crippen LogP contribution is 1.95. The van der Waals surface area contributed by atoms with Crippen LogP contribution >= 0.6 is 0 Å². The van der Waals surface area contributed by atoms with Gasteiger partial charge in [-0.3, -0.25) is 4.68 Å². The molecule has 1 aromatic rings. The van der Waals surface area contributed by atoms with Crippen LogP contribution in [0.25, 0.3) is 0 Å². The summed E-state index contributed by atoms with van der Waals surface area (Å²) in [5.74, 6) is 0. The maximum atomic E-state index is 5.48. The van der Waals surface area contributed by atoms with Gasteiger partial charge in [0, 0.05) is 45.0 Å². The number of aromatic nitrogens is 2. The molecule has 0 spiro atoms. The van der Waals surface area contributed by atoms with Gasteiger partial charge in [0.15, 0.2) is 0 Å². The fourth-order valence-corrected chi connectivity index (χ4v) is 1.48. The number of likely N-dealkylation sites (N-methyl/N-ethyl adjacent to an activating group) is 1. The van der Waals surface area contributed by atoms with Crippen molar-refractivity contribution in [1.29, 1.82) is 0 Å². The van der Waals surface area contributed by atoms with Gasteiger partial charge < -0.3 is 15.0 Å². The molecule has 0 aliphatic carbocycles. The molecule has 0 unspecified atom stereocenters. The van der Waals surface area contributed by atoms with E-state index < -0.39 is 0 Å². The van der Waals surface area contributed by atoms with E-state index in [4.69, 9.17) is 4.74 Å². The Bertz CT molecular complexity index is 298. The van der Waals surface area contributed by atoms with Gasteiger partial charge in [-0.25, -0.2) is 0 Å². The molecule has 0 aromatic carbocycles. The Balaban J connectivity index is 1.90. The van der Waals surface area contributed by atoms with Crippen LogP contribution in [0.2, 0.25) is 0 Å². The van der Waals surface area contributed by atoms with E-state index >= 15 is 0 Å². The van der Waals surface area contributed by atoms with Crippen LogP contribution in [0.5, 0.6) is 0 Å². The molecule has 0 aliphatic rings. The number of hydrogen-bond donors (Lipinski definition) is 1. The molecular formula is C12H24N4O. The van der Waals surface area contributed by atoms with Crippen molar-refractivity contribution in [2.24, 2.45) is 7.05 Å². The Labute approximate surface area is 104 Å². The van der Waals surface area contributed by atoms with E-state index in [1.807, 2.05) is 17.9 Å². The van der Waals surface area contributed by atoms with Crippen molar-refractivity contribution in [2.45, 2.75) is 6.42 Å². The van der Waals surface area contributed by atoms with Crippen LogP contribution in [0.3, 0.4) is 0 Å². The molecule has 0 atom stereocenters. The van der Waals surface area contributed by atoms with E-state index in [1.54, 1.807) is 0 Å². The first-order chi connectivity index (χ1) is 8.20. The van der Waals surface area contributed by atoms with Gasteiger partial charge in [0.05, 0.1) is 13.2 Å². The van der Waals surface area contributed by atoms with Gasteiger partial charge in [-0.2, -0.15) is 5.10 Å². The third-order valence-electron chi connectivity index (χ3n) is 2.59. The Morgan fingerprint density at radius 2 is 2.18 bits per heavy atom. The smallest absolute Gasteiger partial charge is 0.0593 e. The topological polar surface area (TPSA) is 42.3 Å². The summed E-state index contributed by atoms with van der Waals surface area (Å²) in [4.78, 5) is 2.12. The average molecular weight is 240 g/mol. The molecule has 98 valence electrons. The van der Waals surface area contributed by atoms with Gasteiger partial charge >= 0.3 is 0 Å². The second-order valence-electron chi connectivity index (χ2n) is 4.36. The van der Waals surface area contributed by atoms with Crippen LogP contribution in [-0.4, -0.2) is 61.6 Å². The minimum absolute atomic E-state index is 0.777. The van der Waals surface area contributed by atoms with Gasteiger partial charge in [0.2, 0.25) is 0 Å². The van der Waals surface area contributed by atoms with E-state index in [-0.39, 0.29) is 0 Å². The molecule has 5 nitrogen and oxygen atoms in total. The first-order valence-corrected chi connectivity index (χ1v) is 6.10. The molecule has 5 heteroatoms. The Kier molecular flexibility index (Phi) is 6.84. The van der Waals surface area contributed by atoms with Gasteiger partial charge in [0.1, 0.15) is 0 Å². The number of nitrogens with one attached hydrogen (secondary N) is 1. The number of ether oxygens (including phenoxy) is 1. The van der Waals surface area contributed by atoms with Gasteiger partial charge in [0.25, 0.3) is 0 Å². The van der Waals surface area contributed by atoms with E-state index in [0.29, 0.717) is 0 Å². The van der Waals surface area contributed by atoms with Crippen LogP contribution < -0.4 is 5.32 Å². The Morgan fingerprint density at radius 1 is 1.35 bits per heavy atom. The summed E-state index contributed by atoms with van der Waals surface area (Å²) in [6.07, 6.45) is 2.84.